The molecule has 0 aliphatic rings. The Labute approximate surface area is 86.1 Å². The van der Waals surface area contributed by atoms with Crippen molar-refractivity contribution in [2.24, 2.45) is 11.6 Å². The van der Waals surface area contributed by atoms with E-state index in [-0.39, 0.29) is 0 Å². The highest BCUT2D eigenvalue weighted by molar-refractivity contribution is 6.06. The number of nitrogens with two attached hydrogens (primary N) is 2. The molecule has 76 valence electrons. The molecule has 5 nitrogen and oxygen atoms in total. The molecule has 0 spiro atoms. The van der Waals surface area contributed by atoms with Gasteiger partial charge in [-0.3, -0.25) is 4.79 Å². The smallest absolute Gasteiger partial charge is 0.249 e. The second-order valence-electron chi connectivity index (χ2n) is 3.08. The van der Waals surface area contributed by atoms with Gasteiger partial charge in [0.15, 0.2) is 0 Å². The molecule has 1 amide bonds. The summed E-state index contributed by atoms with van der Waals surface area (Å²) in [6.45, 7) is 0. The lowest BCUT2D eigenvalue weighted by molar-refractivity contribution is 0.100. The van der Waals surface area contributed by atoms with Crippen molar-refractivity contribution in [3.05, 3.63) is 35.9 Å². The van der Waals surface area contributed by atoms with Crippen LogP contribution in [-0.4, -0.2) is 10.9 Å². The molecule has 0 unspecified atom stereocenters. The van der Waals surface area contributed by atoms with E-state index in [9.17, 15) is 4.79 Å². The fourth-order valence-corrected chi connectivity index (χ4v) is 1.45. The molecule has 1 aromatic heterocycles. The van der Waals surface area contributed by atoms with Crippen LogP contribution >= 0.6 is 0 Å². The number of rotatable bonds is 2. The fraction of sp³-hybridized carbons (Fsp3) is 0. The minimum Gasteiger partial charge on any atom is -0.366 e. The number of benzene rings is 1. The molecule has 0 saturated carbocycles. The summed E-state index contributed by atoms with van der Waals surface area (Å²) in [7, 11) is 0. The largest absolute Gasteiger partial charge is 0.366 e. The number of hydrazine groups is 1. The average Bonchev–Trinajstić information content (AvgIpc) is 2.27. The minimum absolute atomic E-state index is 0.411. The van der Waals surface area contributed by atoms with E-state index in [2.05, 4.69) is 10.4 Å². The van der Waals surface area contributed by atoms with Crippen LogP contribution in [0.25, 0.3) is 10.9 Å². The maximum atomic E-state index is 11.2. The van der Waals surface area contributed by atoms with Crippen LogP contribution in [0.1, 0.15) is 10.4 Å². The number of nitrogen functional groups attached to an aromatic ring is 1. The molecule has 0 saturated heterocycles. The summed E-state index contributed by atoms with van der Waals surface area (Å²) in [6, 6.07) is 8.78. The van der Waals surface area contributed by atoms with E-state index in [4.69, 9.17) is 11.6 Å². The quantitative estimate of drug-likeness (QED) is 0.491. The van der Waals surface area contributed by atoms with Gasteiger partial charge in [-0.25, -0.2) is 10.8 Å². The van der Waals surface area contributed by atoms with Crippen molar-refractivity contribution < 1.29 is 4.79 Å². The average molecular weight is 202 g/mol. The highest BCUT2D eigenvalue weighted by Crippen LogP contribution is 2.19. The van der Waals surface area contributed by atoms with Gasteiger partial charge in [-0.05, 0) is 12.1 Å². The molecule has 5 N–H and O–H groups in total. The molecule has 5 heteroatoms. The zero-order valence-electron chi connectivity index (χ0n) is 7.90. The van der Waals surface area contributed by atoms with Crippen LogP contribution in [0.5, 0.6) is 0 Å². The monoisotopic (exact) mass is 202 g/mol. The van der Waals surface area contributed by atoms with Crippen LogP contribution in [0.3, 0.4) is 0 Å². The Morgan fingerprint density at radius 3 is 2.73 bits per heavy atom. The number of aromatic nitrogens is 1. The lowest BCUT2D eigenvalue weighted by Gasteiger charge is -2.05. The number of pyridine rings is 1. The third kappa shape index (κ3) is 1.60. The van der Waals surface area contributed by atoms with E-state index in [1.165, 1.54) is 6.07 Å². The Morgan fingerprint density at radius 2 is 2.07 bits per heavy atom. The number of hydrogen-bond donors (Lipinski definition) is 3. The second kappa shape index (κ2) is 3.55. The van der Waals surface area contributed by atoms with Crippen molar-refractivity contribution in [3.8, 4) is 0 Å². The van der Waals surface area contributed by atoms with Crippen LogP contribution in [0.4, 0.5) is 5.82 Å². The molecule has 15 heavy (non-hydrogen) atoms. The lowest BCUT2D eigenvalue weighted by atomic mass is 10.1. The van der Waals surface area contributed by atoms with E-state index in [1.54, 1.807) is 12.1 Å². The number of carbonyl (C=O) groups is 1. The van der Waals surface area contributed by atoms with Crippen molar-refractivity contribution >= 4 is 22.6 Å². The SMILES string of the molecule is NNc1cc(C(N)=O)c2ccccc2n1. The van der Waals surface area contributed by atoms with Crippen molar-refractivity contribution in [2.75, 3.05) is 5.43 Å². The molecule has 0 radical (unpaired) electrons. The highest BCUT2D eigenvalue weighted by Gasteiger charge is 2.08. The standard InChI is InChI=1S/C10H10N4O/c11-10(15)7-5-9(14-12)13-8-4-2-1-3-6(7)8/h1-5H,12H2,(H2,11,15)(H,13,14). The molecule has 0 aliphatic heterocycles. The minimum atomic E-state index is -0.495. The number of carbonyl (C=O) groups excluding carboxylic acids is 1. The second-order valence-corrected chi connectivity index (χ2v) is 3.08. The molecular formula is C10H10N4O. The van der Waals surface area contributed by atoms with Crippen LogP contribution in [0.15, 0.2) is 30.3 Å². The van der Waals surface area contributed by atoms with Gasteiger partial charge in [0, 0.05) is 5.39 Å². The van der Waals surface area contributed by atoms with Gasteiger partial charge >= 0.3 is 0 Å². The summed E-state index contributed by atoms with van der Waals surface area (Å²) in [6.07, 6.45) is 0. The molecule has 2 aromatic rings. The molecule has 0 bridgehead atoms. The van der Waals surface area contributed by atoms with Crippen molar-refractivity contribution in [1.82, 2.24) is 4.98 Å². The predicted molar refractivity (Wildman–Crippen MR) is 58.1 cm³/mol. The maximum Gasteiger partial charge on any atom is 0.249 e. The first-order valence-electron chi connectivity index (χ1n) is 4.38. The summed E-state index contributed by atoms with van der Waals surface area (Å²) in [5.74, 6) is 5.17. The summed E-state index contributed by atoms with van der Waals surface area (Å²) in [5.41, 5.74) is 8.76. The van der Waals surface area contributed by atoms with Crippen molar-refractivity contribution in [1.29, 1.82) is 0 Å². The summed E-state index contributed by atoms with van der Waals surface area (Å²) in [4.78, 5) is 15.4. The van der Waals surface area contributed by atoms with Crippen molar-refractivity contribution in [2.45, 2.75) is 0 Å². The zero-order chi connectivity index (χ0) is 10.8. The number of para-hydroxylation sites is 1. The van der Waals surface area contributed by atoms with Crippen molar-refractivity contribution in [3.63, 3.8) is 0 Å². The molecule has 0 aliphatic carbocycles. The first-order valence-corrected chi connectivity index (χ1v) is 4.38. The first-order chi connectivity index (χ1) is 7.22. The number of primary amides is 1. The van der Waals surface area contributed by atoms with Gasteiger partial charge in [-0.1, -0.05) is 18.2 Å². The third-order valence-corrected chi connectivity index (χ3v) is 2.13. The van der Waals surface area contributed by atoms with Crippen LogP contribution in [-0.2, 0) is 0 Å². The van der Waals surface area contributed by atoms with E-state index >= 15 is 0 Å². The van der Waals surface area contributed by atoms with Gasteiger partial charge < -0.3 is 11.2 Å². The Balaban J connectivity index is 2.80. The Hall–Kier alpha value is -2.14. The summed E-state index contributed by atoms with van der Waals surface area (Å²) < 4.78 is 0. The first kappa shape index (κ1) is 9.42. The van der Waals surface area contributed by atoms with Gasteiger partial charge in [-0.15, -0.1) is 0 Å². The van der Waals surface area contributed by atoms with Gasteiger partial charge in [0.2, 0.25) is 5.91 Å². The Kier molecular flexibility index (Phi) is 2.23. The van der Waals surface area contributed by atoms with Gasteiger partial charge in [0.1, 0.15) is 5.82 Å². The predicted octanol–water partition coefficient (Wildman–Crippen LogP) is 0.619. The lowest BCUT2D eigenvalue weighted by Crippen LogP contribution is -2.14. The van der Waals surface area contributed by atoms with Crippen LogP contribution in [0.2, 0.25) is 0 Å². The third-order valence-electron chi connectivity index (χ3n) is 2.13. The van der Waals surface area contributed by atoms with E-state index in [1.807, 2.05) is 12.1 Å². The van der Waals surface area contributed by atoms with Gasteiger partial charge in [-0.2, -0.15) is 0 Å². The zero-order valence-corrected chi connectivity index (χ0v) is 7.90. The van der Waals surface area contributed by atoms with E-state index < -0.39 is 5.91 Å². The van der Waals surface area contributed by atoms with Gasteiger partial charge in [0.25, 0.3) is 0 Å². The fourth-order valence-electron chi connectivity index (χ4n) is 1.45. The van der Waals surface area contributed by atoms with Crippen LogP contribution in [0, 0.1) is 0 Å². The molecule has 0 atom stereocenters. The maximum absolute atomic E-state index is 11.2. The Bertz CT molecular complexity index is 524. The van der Waals surface area contributed by atoms with E-state index in [0.29, 0.717) is 16.9 Å². The number of fused-ring (bicyclic) bond motifs is 1. The normalized spacial score (nSPS) is 10.2. The van der Waals surface area contributed by atoms with Gasteiger partial charge in [0.05, 0.1) is 11.1 Å². The number of nitrogens with zero attached hydrogens (tertiary/aromatic N) is 1. The number of anilines is 1. The Morgan fingerprint density at radius 1 is 1.33 bits per heavy atom. The molecule has 0 fully saturated rings. The van der Waals surface area contributed by atoms with Crippen LogP contribution < -0.4 is 17.0 Å². The molecule has 1 heterocycles. The molecule has 1 aromatic carbocycles. The number of nitrogens with one attached hydrogen (secondary N) is 1. The topological polar surface area (TPSA) is 94.0 Å². The summed E-state index contributed by atoms with van der Waals surface area (Å²) >= 11 is 0. The molecular weight excluding hydrogens is 192 g/mol. The highest BCUT2D eigenvalue weighted by atomic mass is 16.1. The van der Waals surface area contributed by atoms with E-state index in [0.717, 1.165) is 5.39 Å². The number of amides is 1. The summed E-state index contributed by atoms with van der Waals surface area (Å²) in [5, 5.41) is 0.726. The molecule has 2 rings (SSSR count). The number of hydrogen-bond acceptors (Lipinski definition) is 4.